The summed E-state index contributed by atoms with van der Waals surface area (Å²) >= 11 is 9.55. The van der Waals surface area contributed by atoms with E-state index in [1.165, 1.54) is 0 Å². The highest BCUT2D eigenvalue weighted by molar-refractivity contribution is 9.10. The molecule has 1 N–H and O–H groups in total. The number of hydrogen-bond acceptors (Lipinski definition) is 2. The van der Waals surface area contributed by atoms with Crippen molar-refractivity contribution >= 4 is 33.2 Å². The number of halogens is 2. The molecule has 0 saturated carbocycles. The zero-order chi connectivity index (χ0) is 12.3. The molecule has 0 aliphatic rings. The summed E-state index contributed by atoms with van der Waals surface area (Å²) in [7, 11) is 0. The second-order valence-corrected chi connectivity index (χ2v) is 5.07. The molecule has 2 nitrogen and oxygen atoms in total. The molecule has 2 rings (SSSR count). The smallest absolute Gasteiger partial charge is 0.0657 e. The summed E-state index contributed by atoms with van der Waals surface area (Å²) in [6, 6.07) is 11.7. The molecule has 4 heteroatoms. The zero-order valence-electron chi connectivity index (χ0n) is 9.32. The van der Waals surface area contributed by atoms with Gasteiger partial charge < -0.3 is 5.32 Å². The van der Waals surface area contributed by atoms with Gasteiger partial charge in [0, 0.05) is 10.7 Å². The van der Waals surface area contributed by atoms with Crippen LogP contribution in [-0.4, -0.2) is 4.98 Å². The second-order valence-electron chi connectivity index (χ2n) is 3.74. The Hall–Kier alpha value is -1.06. The van der Waals surface area contributed by atoms with Crippen LogP contribution in [0.5, 0.6) is 0 Å². The van der Waals surface area contributed by atoms with Gasteiger partial charge in [-0.15, -0.1) is 0 Å². The van der Waals surface area contributed by atoms with Gasteiger partial charge in [-0.25, -0.2) is 0 Å². The molecule has 0 saturated heterocycles. The second kappa shape index (κ2) is 5.52. The van der Waals surface area contributed by atoms with Crippen LogP contribution in [0.3, 0.4) is 0 Å². The first-order valence-corrected chi connectivity index (χ1v) is 6.46. The van der Waals surface area contributed by atoms with Crippen molar-refractivity contribution in [3.8, 4) is 0 Å². The monoisotopic (exact) mass is 310 g/mol. The molecule has 0 aliphatic heterocycles. The normalized spacial score (nSPS) is 12.2. The van der Waals surface area contributed by atoms with Gasteiger partial charge in [-0.3, -0.25) is 4.98 Å². The van der Waals surface area contributed by atoms with Crippen LogP contribution in [0.15, 0.2) is 47.1 Å². The third kappa shape index (κ3) is 3.20. The highest BCUT2D eigenvalue weighted by Crippen LogP contribution is 2.28. The summed E-state index contributed by atoms with van der Waals surface area (Å²) in [5.74, 6) is 0. The van der Waals surface area contributed by atoms with Gasteiger partial charge in [-0.2, -0.15) is 0 Å². The highest BCUT2D eigenvalue weighted by atomic mass is 79.9. The quantitative estimate of drug-likeness (QED) is 0.891. The van der Waals surface area contributed by atoms with Crippen molar-refractivity contribution < 1.29 is 0 Å². The number of hydrogen-bond donors (Lipinski definition) is 1. The first-order chi connectivity index (χ1) is 8.16. The van der Waals surface area contributed by atoms with Crippen LogP contribution >= 0.6 is 27.5 Å². The van der Waals surface area contributed by atoms with Gasteiger partial charge >= 0.3 is 0 Å². The number of pyridine rings is 1. The van der Waals surface area contributed by atoms with E-state index in [-0.39, 0.29) is 6.04 Å². The van der Waals surface area contributed by atoms with Crippen LogP contribution in [0.1, 0.15) is 18.7 Å². The van der Waals surface area contributed by atoms with E-state index in [1.807, 2.05) is 36.4 Å². The minimum absolute atomic E-state index is 0.114. The maximum atomic E-state index is 6.12. The SMILES string of the molecule is CC(Nc1cc(Br)ccc1Cl)c1ccccn1. The van der Waals surface area contributed by atoms with Crippen molar-refractivity contribution in [2.45, 2.75) is 13.0 Å². The molecule has 1 atom stereocenters. The molecule has 1 aromatic carbocycles. The Bertz CT molecular complexity index is 502. The maximum Gasteiger partial charge on any atom is 0.0657 e. The minimum Gasteiger partial charge on any atom is -0.376 e. The van der Waals surface area contributed by atoms with Crippen LogP contribution < -0.4 is 5.32 Å². The number of rotatable bonds is 3. The van der Waals surface area contributed by atoms with Crippen LogP contribution in [0.25, 0.3) is 0 Å². The molecule has 0 fully saturated rings. The summed E-state index contributed by atoms with van der Waals surface area (Å²) in [6.07, 6.45) is 1.79. The molecule has 0 bridgehead atoms. The van der Waals surface area contributed by atoms with Gasteiger partial charge in [-0.05, 0) is 37.3 Å². The lowest BCUT2D eigenvalue weighted by molar-refractivity contribution is 0.839. The lowest BCUT2D eigenvalue weighted by atomic mass is 10.2. The Kier molecular flexibility index (Phi) is 4.02. The van der Waals surface area contributed by atoms with Crippen molar-refractivity contribution in [3.05, 3.63) is 57.8 Å². The van der Waals surface area contributed by atoms with Gasteiger partial charge in [-0.1, -0.05) is 33.6 Å². The van der Waals surface area contributed by atoms with E-state index in [0.29, 0.717) is 5.02 Å². The van der Waals surface area contributed by atoms with Gasteiger partial charge in [0.05, 0.1) is 22.4 Å². The van der Waals surface area contributed by atoms with Crippen molar-refractivity contribution in [1.82, 2.24) is 4.98 Å². The van der Waals surface area contributed by atoms with Crippen LogP contribution in [0.2, 0.25) is 5.02 Å². The number of anilines is 1. The number of benzene rings is 1. The first kappa shape index (κ1) is 12.4. The molecular weight excluding hydrogens is 300 g/mol. The van der Waals surface area contributed by atoms with Crippen LogP contribution in [-0.2, 0) is 0 Å². The fourth-order valence-electron chi connectivity index (χ4n) is 1.55. The van der Waals surface area contributed by atoms with Gasteiger partial charge in [0.15, 0.2) is 0 Å². The third-order valence-corrected chi connectivity index (χ3v) is 3.25. The molecule has 0 amide bonds. The molecule has 0 radical (unpaired) electrons. The predicted molar refractivity (Wildman–Crippen MR) is 75.4 cm³/mol. The fourth-order valence-corrected chi connectivity index (χ4v) is 2.08. The molecule has 1 unspecified atom stereocenters. The summed E-state index contributed by atoms with van der Waals surface area (Å²) in [5, 5.41) is 4.05. The van der Waals surface area contributed by atoms with Gasteiger partial charge in [0.2, 0.25) is 0 Å². The predicted octanol–water partition coefficient (Wildman–Crippen LogP) is 4.67. The van der Waals surface area contributed by atoms with Crippen LogP contribution in [0, 0.1) is 0 Å². The van der Waals surface area contributed by atoms with E-state index in [4.69, 9.17) is 11.6 Å². The topological polar surface area (TPSA) is 24.9 Å². The van der Waals surface area contributed by atoms with E-state index in [2.05, 4.69) is 33.2 Å². The molecule has 88 valence electrons. The first-order valence-electron chi connectivity index (χ1n) is 5.29. The molecular formula is C13H12BrClN2. The number of nitrogens with one attached hydrogen (secondary N) is 1. The van der Waals surface area contributed by atoms with E-state index in [1.54, 1.807) is 6.20 Å². The Labute approximate surface area is 114 Å². The maximum absolute atomic E-state index is 6.12. The average molecular weight is 312 g/mol. The van der Waals surface area contributed by atoms with Crippen molar-refractivity contribution in [1.29, 1.82) is 0 Å². The van der Waals surface area contributed by atoms with E-state index >= 15 is 0 Å². The Morgan fingerprint density at radius 1 is 1.29 bits per heavy atom. The lowest BCUT2D eigenvalue weighted by Gasteiger charge is -2.16. The van der Waals surface area contributed by atoms with Crippen LogP contribution in [0.4, 0.5) is 5.69 Å². The van der Waals surface area contributed by atoms with E-state index < -0.39 is 0 Å². The van der Waals surface area contributed by atoms with Crippen molar-refractivity contribution in [3.63, 3.8) is 0 Å². The van der Waals surface area contributed by atoms with Crippen molar-refractivity contribution in [2.24, 2.45) is 0 Å². The molecule has 1 aromatic heterocycles. The van der Waals surface area contributed by atoms with E-state index in [9.17, 15) is 0 Å². The lowest BCUT2D eigenvalue weighted by Crippen LogP contribution is -2.08. The standard InChI is InChI=1S/C13H12BrClN2/c1-9(12-4-2-3-7-16-12)17-13-8-10(14)5-6-11(13)15/h2-9,17H,1H3. The van der Waals surface area contributed by atoms with E-state index in [0.717, 1.165) is 15.9 Å². The highest BCUT2D eigenvalue weighted by Gasteiger charge is 2.08. The summed E-state index contributed by atoms with van der Waals surface area (Å²) in [4.78, 5) is 4.31. The fraction of sp³-hybridized carbons (Fsp3) is 0.154. The Morgan fingerprint density at radius 2 is 2.12 bits per heavy atom. The number of nitrogens with zero attached hydrogens (tertiary/aromatic N) is 1. The minimum atomic E-state index is 0.114. The summed E-state index contributed by atoms with van der Waals surface area (Å²) < 4.78 is 0.998. The Morgan fingerprint density at radius 3 is 2.82 bits per heavy atom. The molecule has 17 heavy (non-hydrogen) atoms. The number of aromatic nitrogens is 1. The zero-order valence-corrected chi connectivity index (χ0v) is 11.7. The largest absolute Gasteiger partial charge is 0.376 e. The molecule has 1 heterocycles. The average Bonchev–Trinajstić information content (AvgIpc) is 2.35. The molecule has 0 aliphatic carbocycles. The molecule has 0 spiro atoms. The molecule has 2 aromatic rings. The third-order valence-electron chi connectivity index (χ3n) is 2.43. The Balaban J connectivity index is 2.18. The van der Waals surface area contributed by atoms with Gasteiger partial charge in [0.1, 0.15) is 0 Å². The summed E-state index contributed by atoms with van der Waals surface area (Å²) in [5.41, 5.74) is 1.89. The van der Waals surface area contributed by atoms with Gasteiger partial charge in [0.25, 0.3) is 0 Å². The van der Waals surface area contributed by atoms with Crippen molar-refractivity contribution in [2.75, 3.05) is 5.32 Å². The summed E-state index contributed by atoms with van der Waals surface area (Å²) in [6.45, 7) is 2.06.